The first-order chi connectivity index (χ1) is 4.71. The van der Waals surface area contributed by atoms with E-state index in [0.29, 0.717) is 0 Å². The van der Waals surface area contributed by atoms with E-state index in [1.165, 1.54) is 0 Å². The van der Waals surface area contributed by atoms with Gasteiger partial charge in [-0.3, -0.25) is 0 Å². The third-order valence-electron chi connectivity index (χ3n) is 1.16. The normalized spacial score (nSPS) is 13.6. The van der Waals surface area contributed by atoms with Crippen LogP contribution in [-0.2, 0) is 0 Å². The molecule has 11 heavy (non-hydrogen) atoms. The van der Waals surface area contributed by atoms with E-state index in [0.717, 1.165) is 13.1 Å². The summed E-state index contributed by atoms with van der Waals surface area (Å²) in [7, 11) is 0. The molecule has 0 spiro atoms. The van der Waals surface area contributed by atoms with Gasteiger partial charge in [0.2, 0.25) is 0 Å². The summed E-state index contributed by atoms with van der Waals surface area (Å²) in [4.78, 5) is 0. The van der Waals surface area contributed by atoms with E-state index in [1.54, 1.807) is 0 Å². The molecule has 3 nitrogen and oxygen atoms in total. The maximum atomic E-state index is 5.76. The molecule has 0 saturated heterocycles. The average Bonchev–Trinajstić information content (AvgIpc) is 1.55. The lowest BCUT2D eigenvalue weighted by Gasteiger charge is -2.24. The monoisotopic (exact) mass is 159 g/mol. The summed E-state index contributed by atoms with van der Waals surface area (Å²) in [5.74, 6) is 0. The van der Waals surface area contributed by atoms with Crippen LogP contribution in [0.5, 0.6) is 0 Å². The third kappa shape index (κ3) is 9.88. The summed E-state index contributed by atoms with van der Waals surface area (Å²) in [6, 6.07) is 0. The van der Waals surface area contributed by atoms with Crippen LogP contribution in [0.25, 0.3) is 0 Å². The van der Waals surface area contributed by atoms with Crippen LogP contribution in [0.4, 0.5) is 0 Å². The quantitative estimate of drug-likeness (QED) is 0.543. The van der Waals surface area contributed by atoms with Crippen molar-refractivity contribution < 1.29 is 0 Å². The zero-order valence-corrected chi connectivity index (χ0v) is 8.07. The van der Waals surface area contributed by atoms with Gasteiger partial charge in [-0.25, -0.2) is 0 Å². The fourth-order valence-electron chi connectivity index (χ4n) is 0.707. The van der Waals surface area contributed by atoms with Crippen molar-refractivity contribution in [2.45, 2.75) is 38.8 Å². The molecule has 3 heteroatoms. The second-order valence-electron chi connectivity index (χ2n) is 4.58. The number of nitrogens with two attached hydrogens (primary N) is 2. The van der Waals surface area contributed by atoms with E-state index >= 15 is 0 Å². The molecule has 0 aliphatic heterocycles. The summed E-state index contributed by atoms with van der Waals surface area (Å²) in [6.07, 6.45) is 0. The van der Waals surface area contributed by atoms with Crippen LogP contribution in [0.15, 0.2) is 0 Å². The molecule has 0 aliphatic rings. The molecular weight excluding hydrogens is 138 g/mol. The second kappa shape index (κ2) is 3.52. The topological polar surface area (TPSA) is 64.1 Å². The first-order valence-electron chi connectivity index (χ1n) is 3.99. The van der Waals surface area contributed by atoms with Gasteiger partial charge in [0.1, 0.15) is 0 Å². The van der Waals surface area contributed by atoms with Gasteiger partial charge in [0.25, 0.3) is 0 Å². The highest BCUT2D eigenvalue weighted by Gasteiger charge is 2.13. The van der Waals surface area contributed by atoms with E-state index < -0.39 is 0 Å². The lowest BCUT2D eigenvalue weighted by molar-refractivity contribution is 0.411. The van der Waals surface area contributed by atoms with Gasteiger partial charge in [0.15, 0.2) is 0 Å². The van der Waals surface area contributed by atoms with Crippen molar-refractivity contribution in [3.8, 4) is 0 Å². The molecule has 5 N–H and O–H groups in total. The van der Waals surface area contributed by atoms with Gasteiger partial charge in [0.05, 0.1) is 0 Å². The summed E-state index contributed by atoms with van der Waals surface area (Å²) in [5, 5.41) is 3.22. The van der Waals surface area contributed by atoms with E-state index in [2.05, 4.69) is 5.32 Å². The molecule has 0 saturated carbocycles. The first kappa shape index (κ1) is 10.9. The molecule has 0 aromatic heterocycles. The number of hydrogen-bond acceptors (Lipinski definition) is 3. The third-order valence-corrected chi connectivity index (χ3v) is 1.16. The Bertz CT molecular complexity index is 93.5. The molecule has 0 heterocycles. The van der Waals surface area contributed by atoms with E-state index in [9.17, 15) is 0 Å². The standard InChI is InChI=1S/C8H21N3/c1-7(2,9)5-11-6-8(3,4)10/h11H,5-6,9-10H2,1-4H3. The largest absolute Gasteiger partial charge is 0.324 e. The van der Waals surface area contributed by atoms with Crippen LogP contribution in [0.1, 0.15) is 27.7 Å². The van der Waals surface area contributed by atoms with Crippen LogP contribution < -0.4 is 16.8 Å². The van der Waals surface area contributed by atoms with Crippen molar-refractivity contribution >= 4 is 0 Å². The molecule has 68 valence electrons. The Balaban J connectivity index is 3.44. The lowest BCUT2D eigenvalue weighted by Crippen LogP contribution is -2.49. The van der Waals surface area contributed by atoms with Crippen molar-refractivity contribution in [2.75, 3.05) is 13.1 Å². The minimum atomic E-state index is -0.148. The molecular formula is C8H21N3. The van der Waals surface area contributed by atoms with Crippen molar-refractivity contribution in [3.63, 3.8) is 0 Å². The van der Waals surface area contributed by atoms with Gasteiger partial charge in [-0.15, -0.1) is 0 Å². The van der Waals surface area contributed by atoms with Gasteiger partial charge >= 0.3 is 0 Å². The SMILES string of the molecule is CC(C)(N)CNCC(C)(C)N. The smallest absolute Gasteiger partial charge is 0.0223 e. The number of nitrogens with one attached hydrogen (secondary N) is 1. The summed E-state index contributed by atoms with van der Waals surface area (Å²) < 4.78 is 0. The number of rotatable bonds is 4. The average molecular weight is 159 g/mol. The van der Waals surface area contributed by atoms with E-state index in [1.807, 2.05) is 27.7 Å². The molecule has 0 aliphatic carbocycles. The molecule has 0 fully saturated rings. The van der Waals surface area contributed by atoms with Gasteiger partial charge in [0, 0.05) is 24.2 Å². The van der Waals surface area contributed by atoms with Crippen molar-refractivity contribution in [1.29, 1.82) is 0 Å². The van der Waals surface area contributed by atoms with Gasteiger partial charge in [-0.2, -0.15) is 0 Å². The molecule has 0 rings (SSSR count). The molecule has 0 aromatic rings. The Kier molecular flexibility index (Phi) is 3.48. The highest BCUT2D eigenvalue weighted by Crippen LogP contribution is 1.96. The highest BCUT2D eigenvalue weighted by atomic mass is 15.0. The summed E-state index contributed by atoms with van der Waals surface area (Å²) in [5.41, 5.74) is 11.2. The minimum Gasteiger partial charge on any atom is -0.324 e. The lowest BCUT2D eigenvalue weighted by atomic mass is 10.1. The fourth-order valence-corrected chi connectivity index (χ4v) is 0.707. The Labute approximate surface area is 69.5 Å². The number of hydrogen-bond donors (Lipinski definition) is 3. The van der Waals surface area contributed by atoms with Gasteiger partial charge in [-0.05, 0) is 27.7 Å². The van der Waals surface area contributed by atoms with E-state index in [4.69, 9.17) is 11.5 Å². The van der Waals surface area contributed by atoms with Gasteiger partial charge < -0.3 is 16.8 Å². The van der Waals surface area contributed by atoms with Crippen LogP contribution in [0, 0.1) is 0 Å². The van der Waals surface area contributed by atoms with Crippen LogP contribution in [0.2, 0.25) is 0 Å². The summed E-state index contributed by atoms with van der Waals surface area (Å²) in [6.45, 7) is 9.56. The van der Waals surface area contributed by atoms with Crippen LogP contribution >= 0.6 is 0 Å². The van der Waals surface area contributed by atoms with Crippen LogP contribution in [-0.4, -0.2) is 24.2 Å². The molecule has 0 radical (unpaired) electrons. The minimum absolute atomic E-state index is 0.148. The Morgan fingerprint density at radius 1 is 0.909 bits per heavy atom. The Morgan fingerprint density at radius 2 is 1.18 bits per heavy atom. The predicted octanol–water partition coefficient (Wildman–Crippen LogP) is 0.0506. The molecule has 0 atom stereocenters. The first-order valence-corrected chi connectivity index (χ1v) is 3.99. The molecule has 0 bridgehead atoms. The Hall–Kier alpha value is -0.120. The Morgan fingerprint density at radius 3 is 1.36 bits per heavy atom. The second-order valence-corrected chi connectivity index (χ2v) is 4.58. The highest BCUT2D eigenvalue weighted by molar-refractivity contribution is 4.80. The van der Waals surface area contributed by atoms with E-state index in [-0.39, 0.29) is 11.1 Å². The van der Waals surface area contributed by atoms with Crippen molar-refractivity contribution in [1.82, 2.24) is 5.32 Å². The zero-order valence-electron chi connectivity index (χ0n) is 8.07. The zero-order chi connectivity index (χ0) is 9.12. The van der Waals surface area contributed by atoms with Crippen molar-refractivity contribution in [3.05, 3.63) is 0 Å². The maximum Gasteiger partial charge on any atom is 0.0223 e. The molecule has 0 unspecified atom stereocenters. The summed E-state index contributed by atoms with van der Waals surface area (Å²) >= 11 is 0. The fraction of sp³-hybridized carbons (Fsp3) is 1.00. The van der Waals surface area contributed by atoms with Crippen LogP contribution in [0.3, 0.4) is 0 Å². The van der Waals surface area contributed by atoms with Gasteiger partial charge in [-0.1, -0.05) is 0 Å². The molecule has 0 amide bonds. The maximum absolute atomic E-state index is 5.76. The van der Waals surface area contributed by atoms with Crippen molar-refractivity contribution in [2.24, 2.45) is 11.5 Å². The molecule has 0 aromatic carbocycles. The predicted molar refractivity (Wildman–Crippen MR) is 49.4 cm³/mol.